The first-order valence-electron chi connectivity index (χ1n) is 10.6. The molecule has 0 bridgehead atoms. The van der Waals surface area contributed by atoms with Gasteiger partial charge in [-0.3, -0.25) is 9.79 Å². The van der Waals surface area contributed by atoms with Crippen molar-refractivity contribution in [3.63, 3.8) is 0 Å². The molecule has 2 aromatic rings. The molecule has 0 saturated carbocycles. The molecule has 0 radical (unpaired) electrons. The number of nitrogens with one attached hydrogen (secondary N) is 1. The van der Waals surface area contributed by atoms with Crippen molar-refractivity contribution in [2.24, 2.45) is 4.99 Å². The van der Waals surface area contributed by atoms with Crippen LogP contribution in [-0.2, 0) is 17.9 Å². The molecule has 2 fully saturated rings. The zero-order valence-electron chi connectivity index (χ0n) is 17.2. The van der Waals surface area contributed by atoms with Crippen LogP contribution in [0, 0.1) is 0 Å². The number of rotatable bonds is 5. The molecule has 5 heteroatoms. The number of amides is 1. The second-order valence-corrected chi connectivity index (χ2v) is 7.98. The van der Waals surface area contributed by atoms with Crippen molar-refractivity contribution in [2.75, 3.05) is 26.7 Å². The highest BCUT2D eigenvalue weighted by molar-refractivity contribution is 5.80. The van der Waals surface area contributed by atoms with Crippen molar-refractivity contribution in [3.05, 3.63) is 71.3 Å². The maximum absolute atomic E-state index is 11.8. The van der Waals surface area contributed by atoms with Crippen LogP contribution in [0.3, 0.4) is 0 Å². The Morgan fingerprint density at radius 2 is 1.83 bits per heavy atom. The van der Waals surface area contributed by atoms with Gasteiger partial charge in [0.05, 0.1) is 0 Å². The maximum atomic E-state index is 11.8. The molecule has 1 amide bonds. The summed E-state index contributed by atoms with van der Waals surface area (Å²) in [7, 11) is 1.86. The van der Waals surface area contributed by atoms with Crippen LogP contribution < -0.4 is 5.32 Å². The van der Waals surface area contributed by atoms with Crippen LogP contribution in [0.1, 0.15) is 41.9 Å². The Labute approximate surface area is 173 Å². The number of carbonyl (C=O) groups excluding carboxylic acids is 1. The number of nitrogens with zero attached hydrogens (tertiary/aromatic N) is 3. The molecule has 1 atom stereocenters. The van der Waals surface area contributed by atoms with E-state index in [1.807, 2.05) is 11.9 Å². The first-order valence-corrected chi connectivity index (χ1v) is 10.6. The number of guanidine groups is 1. The van der Waals surface area contributed by atoms with Gasteiger partial charge in [0, 0.05) is 52.1 Å². The lowest BCUT2D eigenvalue weighted by molar-refractivity contribution is -0.128. The fourth-order valence-corrected chi connectivity index (χ4v) is 4.32. The highest BCUT2D eigenvalue weighted by atomic mass is 16.2. The van der Waals surface area contributed by atoms with Gasteiger partial charge in [0.1, 0.15) is 0 Å². The Morgan fingerprint density at radius 1 is 1.07 bits per heavy atom. The molecule has 29 heavy (non-hydrogen) atoms. The Balaban J connectivity index is 1.29. The van der Waals surface area contributed by atoms with E-state index >= 15 is 0 Å². The van der Waals surface area contributed by atoms with Crippen LogP contribution in [0.4, 0.5) is 0 Å². The van der Waals surface area contributed by atoms with E-state index in [1.54, 1.807) is 0 Å². The van der Waals surface area contributed by atoms with Gasteiger partial charge in [-0.15, -0.1) is 0 Å². The molecule has 2 heterocycles. The lowest BCUT2D eigenvalue weighted by Crippen LogP contribution is -2.39. The molecule has 0 aromatic heterocycles. The minimum atomic E-state index is 0.277. The molecule has 5 nitrogen and oxygen atoms in total. The number of likely N-dealkylation sites (tertiary alicyclic amines) is 2. The summed E-state index contributed by atoms with van der Waals surface area (Å²) >= 11 is 0. The van der Waals surface area contributed by atoms with Crippen molar-refractivity contribution in [1.29, 1.82) is 0 Å². The fourth-order valence-electron chi connectivity index (χ4n) is 4.32. The third-order valence-electron chi connectivity index (χ3n) is 5.99. The van der Waals surface area contributed by atoms with Gasteiger partial charge in [-0.25, -0.2) is 0 Å². The predicted molar refractivity (Wildman–Crippen MR) is 117 cm³/mol. The van der Waals surface area contributed by atoms with Gasteiger partial charge in [0.2, 0.25) is 5.91 Å². The molecular weight excluding hydrogens is 360 g/mol. The van der Waals surface area contributed by atoms with E-state index in [9.17, 15) is 4.79 Å². The molecule has 2 aliphatic heterocycles. The largest absolute Gasteiger partial charge is 0.352 e. The smallest absolute Gasteiger partial charge is 0.222 e. The molecule has 152 valence electrons. The van der Waals surface area contributed by atoms with Gasteiger partial charge >= 0.3 is 0 Å². The van der Waals surface area contributed by atoms with Crippen LogP contribution in [-0.4, -0.2) is 48.3 Å². The average Bonchev–Trinajstić information content (AvgIpc) is 3.40. The van der Waals surface area contributed by atoms with Gasteiger partial charge < -0.3 is 15.1 Å². The zero-order chi connectivity index (χ0) is 20.1. The van der Waals surface area contributed by atoms with Crippen LogP contribution >= 0.6 is 0 Å². The predicted octanol–water partition coefficient (Wildman–Crippen LogP) is 3.37. The highest BCUT2D eigenvalue weighted by Crippen LogP contribution is 2.26. The summed E-state index contributed by atoms with van der Waals surface area (Å²) < 4.78 is 0. The topological polar surface area (TPSA) is 47.9 Å². The fraction of sp³-hybridized carbons (Fsp3) is 0.417. The zero-order valence-corrected chi connectivity index (χ0v) is 17.2. The summed E-state index contributed by atoms with van der Waals surface area (Å²) in [6.45, 7) is 4.40. The van der Waals surface area contributed by atoms with Gasteiger partial charge in [0.15, 0.2) is 5.96 Å². The number of hydrogen-bond donors (Lipinski definition) is 1. The third kappa shape index (κ3) is 4.78. The summed E-state index contributed by atoms with van der Waals surface area (Å²) in [4.78, 5) is 20.6. The molecule has 2 saturated heterocycles. The molecular formula is C24H30N4O. The van der Waals surface area contributed by atoms with E-state index < -0.39 is 0 Å². The molecule has 0 aliphatic carbocycles. The van der Waals surface area contributed by atoms with Crippen molar-refractivity contribution >= 4 is 11.9 Å². The molecule has 1 unspecified atom stereocenters. The Kier molecular flexibility index (Phi) is 6.13. The van der Waals surface area contributed by atoms with E-state index in [2.05, 4.69) is 69.8 Å². The first kappa shape index (κ1) is 19.5. The summed E-state index contributed by atoms with van der Waals surface area (Å²) in [6.07, 6.45) is 2.85. The van der Waals surface area contributed by atoms with E-state index in [1.165, 1.54) is 16.7 Å². The van der Waals surface area contributed by atoms with Gasteiger partial charge in [-0.1, -0.05) is 54.6 Å². The molecule has 4 rings (SSSR count). The monoisotopic (exact) mass is 390 g/mol. The molecule has 1 N–H and O–H groups in total. The maximum Gasteiger partial charge on any atom is 0.222 e. The van der Waals surface area contributed by atoms with E-state index in [0.29, 0.717) is 12.3 Å². The molecule has 2 aromatic carbocycles. The summed E-state index contributed by atoms with van der Waals surface area (Å²) in [5.41, 5.74) is 3.83. The third-order valence-corrected chi connectivity index (χ3v) is 5.99. The average molecular weight is 391 g/mol. The second kappa shape index (κ2) is 9.12. The second-order valence-electron chi connectivity index (χ2n) is 7.98. The van der Waals surface area contributed by atoms with Crippen LogP contribution in [0.5, 0.6) is 0 Å². The van der Waals surface area contributed by atoms with Crippen molar-refractivity contribution in [1.82, 2.24) is 15.1 Å². The SMILES string of the molecule is CN=C(NCc1ccc(CN2CCCC2=O)cc1)N1CCC(c2ccccc2)C1. The van der Waals surface area contributed by atoms with Crippen LogP contribution in [0.2, 0.25) is 0 Å². The van der Waals surface area contributed by atoms with E-state index in [4.69, 9.17) is 0 Å². The van der Waals surface area contributed by atoms with Gasteiger partial charge in [0.25, 0.3) is 0 Å². The minimum absolute atomic E-state index is 0.277. The Hall–Kier alpha value is -2.82. The molecule has 2 aliphatic rings. The lowest BCUT2D eigenvalue weighted by Gasteiger charge is -2.22. The highest BCUT2D eigenvalue weighted by Gasteiger charge is 2.25. The Morgan fingerprint density at radius 3 is 2.52 bits per heavy atom. The summed E-state index contributed by atoms with van der Waals surface area (Å²) in [6, 6.07) is 19.3. The lowest BCUT2D eigenvalue weighted by atomic mass is 9.99. The summed E-state index contributed by atoms with van der Waals surface area (Å²) in [5.74, 6) is 1.82. The standard InChI is InChI=1S/C24H30N4O/c1-25-24(28-15-13-22(18-28)21-6-3-2-4-7-21)26-16-19-9-11-20(12-10-19)17-27-14-5-8-23(27)29/h2-4,6-7,9-12,22H,5,8,13-18H2,1H3,(H,25,26). The van der Waals surface area contributed by atoms with Crippen molar-refractivity contribution in [2.45, 2.75) is 38.3 Å². The van der Waals surface area contributed by atoms with Crippen molar-refractivity contribution < 1.29 is 4.79 Å². The van der Waals surface area contributed by atoms with Gasteiger partial charge in [-0.2, -0.15) is 0 Å². The quantitative estimate of drug-likeness (QED) is 0.629. The minimum Gasteiger partial charge on any atom is -0.352 e. The summed E-state index contributed by atoms with van der Waals surface area (Å²) in [5, 5.41) is 3.51. The van der Waals surface area contributed by atoms with Crippen LogP contribution in [0.25, 0.3) is 0 Å². The Bertz CT molecular complexity index is 847. The number of hydrogen-bond acceptors (Lipinski definition) is 2. The van der Waals surface area contributed by atoms with Gasteiger partial charge in [-0.05, 0) is 29.5 Å². The number of benzene rings is 2. The molecule has 0 spiro atoms. The van der Waals surface area contributed by atoms with Crippen molar-refractivity contribution in [3.8, 4) is 0 Å². The number of aliphatic imine (C=N–C) groups is 1. The van der Waals surface area contributed by atoms with Crippen LogP contribution in [0.15, 0.2) is 59.6 Å². The normalized spacial score (nSPS) is 19.8. The first-order chi connectivity index (χ1) is 14.2. The number of carbonyl (C=O) groups is 1. The van der Waals surface area contributed by atoms with E-state index in [-0.39, 0.29) is 5.91 Å². The van der Waals surface area contributed by atoms with E-state index in [0.717, 1.165) is 51.5 Å².